The number of imidazole rings is 1. The molecule has 0 aliphatic carbocycles. The van der Waals surface area contributed by atoms with Crippen molar-refractivity contribution in [1.29, 1.82) is 0 Å². The number of hydrogen-bond donors (Lipinski definition) is 1. The van der Waals surface area contributed by atoms with E-state index in [1.807, 2.05) is 35.0 Å². The molecule has 1 N–H and O–H groups in total. The van der Waals surface area contributed by atoms with Gasteiger partial charge < -0.3 is 15.0 Å². The summed E-state index contributed by atoms with van der Waals surface area (Å²) in [5.41, 5.74) is 0.998. The molecule has 0 saturated carbocycles. The van der Waals surface area contributed by atoms with Crippen molar-refractivity contribution in [3.8, 4) is 11.4 Å². The molecule has 3 rings (SSSR count). The summed E-state index contributed by atoms with van der Waals surface area (Å²) in [6.45, 7) is 5.40. The number of ether oxygens (including phenoxy) is 1. The van der Waals surface area contributed by atoms with E-state index in [2.05, 4.69) is 22.1 Å². The van der Waals surface area contributed by atoms with Gasteiger partial charge >= 0.3 is 0 Å². The summed E-state index contributed by atoms with van der Waals surface area (Å²) in [7, 11) is 1.65. The fourth-order valence-electron chi connectivity index (χ4n) is 3.13. The number of benzene rings is 1. The Morgan fingerprint density at radius 3 is 2.69 bits per heavy atom. The van der Waals surface area contributed by atoms with Crippen LogP contribution < -0.4 is 10.1 Å². The van der Waals surface area contributed by atoms with Crippen molar-refractivity contribution in [2.75, 3.05) is 32.5 Å². The summed E-state index contributed by atoms with van der Waals surface area (Å²) < 4.78 is 7.18. The predicted molar refractivity (Wildman–Crippen MR) is 104 cm³/mol. The topological polar surface area (TPSA) is 59.4 Å². The number of piperidine rings is 1. The van der Waals surface area contributed by atoms with Crippen LogP contribution in [-0.4, -0.2) is 58.9 Å². The van der Waals surface area contributed by atoms with Crippen LogP contribution in [-0.2, 0) is 4.79 Å². The number of amides is 1. The van der Waals surface area contributed by atoms with Crippen LogP contribution in [0.25, 0.3) is 5.69 Å². The van der Waals surface area contributed by atoms with Crippen LogP contribution >= 0.6 is 11.8 Å². The lowest BCUT2D eigenvalue weighted by Crippen LogP contribution is -2.45. The van der Waals surface area contributed by atoms with Crippen molar-refractivity contribution in [3.63, 3.8) is 0 Å². The number of nitrogens with one attached hydrogen (secondary N) is 1. The Kier molecular flexibility index (Phi) is 6.57. The lowest BCUT2D eigenvalue weighted by atomic mass is 10.1. The van der Waals surface area contributed by atoms with Gasteiger partial charge in [0.2, 0.25) is 5.91 Å². The minimum atomic E-state index is 0.0780. The molecule has 1 aromatic carbocycles. The Morgan fingerprint density at radius 1 is 1.31 bits per heavy atom. The molecular weight excluding hydrogens is 348 g/mol. The van der Waals surface area contributed by atoms with Gasteiger partial charge in [0.25, 0.3) is 0 Å². The molecular formula is C19H26N4O2S. The van der Waals surface area contributed by atoms with Crippen molar-refractivity contribution >= 4 is 17.7 Å². The Labute approximate surface area is 158 Å². The van der Waals surface area contributed by atoms with Gasteiger partial charge in [-0.05, 0) is 43.7 Å². The van der Waals surface area contributed by atoms with Crippen molar-refractivity contribution in [2.45, 2.75) is 31.0 Å². The lowest BCUT2D eigenvalue weighted by molar-refractivity contribution is -0.119. The summed E-state index contributed by atoms with van der Waals surface area (Å²) in [6.07, 6.45) is 5.73. The van der Waals surface area contributed by atoms with Crippen molar-refractivity contribution < 1.29 is 9.53 Å². The molecule has 7 heteroatoms. The van der Waals surface area contributed by atoms with E-state index in [0.717, 1.165) is 49.1 Å². The maximum absolute atomic E-state index is 12.3. The van der Waals surface area contributed by atoms with E-state index >= 15 is 0 Å². The van der Waals surface area contributed by atoms with Gasteiger partial charge in [-0.1, -0.05) is 18.7 Å². The number of carbonyl (C=O) groups excluding carboxylic acids is 1. The monoisotopic (exact) mass is 374 g/mol. The normalized spacial score (nSPS) is 15.8. The zero-order valence-electron chi connectivity index (χ0n) is 15.4. The number of hydrogen-bond acceptors (Lipinski definition) is 5. The van der Waals surface area contributed by atoms with E-state index in [1.54, 1.807) is 13.3 Å². The third kappa shape index (κ3) is 4.80. The van der Waals surface area contributed by atoms with Gasteiger partial charge in [-0.15, -0.1) is 0 Å². The Balaban J connectivity index is 1.52. The second kappa shape index (κ2) is 9.09. The standard InChI is InChI=1S/C19H26N4O2S/c1-3-22-11-8-15(9-12-22)21-18(24)14-26-19-20-10-13-23(19)16-4-6-17(25-2)7-5-16/h4-7,10,13,15H,3,8-9,11-12,14H2,1-2H3,(H,21,24). The number of nitrogens with zero attached hydrogens (tertiary/aromatic N) is 3. The first-order chi connectivity index (χ1) is 12.7. The number of methoxy groups -OCH3 is 1. The van der Waals surface area contributed by atoms with Gasteiger partial charge in [0.05, 0.1) is 12.9 Å². The molecule has 1 fully saturated rings. The van der Waals surface area contributed by atoms with Crippen LogP contribution in [0.15, 0.2) is 41.8 Å². The first-order valence-corrected chi connectivity index (χ1v) is 10.0. The number of likely N-dealkylation sites (tertiary alicyclic amines) is 1. The molecule has 2 heterocycles. The van der Waals surface area contributed by atoms with Crippen LogP contribution in [0, 0.1) is 0 Å². The van der Waals surface area contributed by atoms with E-state index < -0.39 is 0 Å². The maximum Gasteiger partial charge on any atom is 0.230 e. The molecule has 0 unspecified atom stereocenters. The summed E-state index contributed by atoms with van der Waals surface area (Å²) >= 11 is 1.46. The lowest BCUT2D eigenvalue weighted by Gasteiger charge is -2.31. The molecule has 1 amide bonds. The molecule has 6 nitrogen and oxygen atoms in total. The van der Waals surface area contributed by atoms with Crippen molar-refractivity contribution in [2.24, 2.45) is 0 Å². The highest BCUT2D eigenvalue weighted by molar-refractivity contribution is 7.99. The Hall–Kier alpha value is -1.99. The minimum Gasteiger partial charge on any atom is -0.497 e. The van der Waals surface area contributed by atoms with Crippen LogP contribution in [0.1, 0.15) is 19.8 Å². The Morgan fingerprint density at radius 2 is 2.04 bits per heavy atom. The number of carbonyl (C=O) groups is 1. The minimum absolute atomic E-state index is 0.0780. The molecule has 1 saturated heterocycles. The third-order valence-corrected chi connectivity index (χ3v) is 5.66. The van der Waals surface area contributed by atoms with E-state index in [0.29, 0.717) is 11.8 Å². The average Bonchev–Trinajstić information content (AvgIpc) is 3.15. The third-order valence-electron chi connectivity index (χ3n) is 4.69. The molecule has 1 aromatic heterocycles. The summed E-state index contributed by atoms with van der Waals surface area (Å²) in [4.78, 5) is 19.1. The van der Waals surface area contributed by atoms with E-state index in [1.165, 1.54) is 11.8 Å². The summed E-state index contributed by atoms with van der Waals surface area (Å²) in [5.74, 6) is 1.27. The summed E-state index contributed by atoms with van der Waals surface area (Å²) in [5, 5.41) is 3.97. The SMILES string of the molecule is CCN1CCC(NC(=O)CSc2nccn2-c2ccc(OC)cc2)CC1. The number of aromatic nitrogens is 2. The largest absolute Gasteiger partial charge is 0.497 e. The van der Waals surface area contributed by atoms with E-state index in [4.69, 9.17) is 4.74 Å². The molecule has 140 valence electrons. The molecule has 1 aliphatic heterocycles. The average molecular weight is 375 g/mol. The quantitative estimate of drug-likeness (QED) is 0.755. The maximum atomic E-state index is 12.3. The summed E-state index contributed by atoms with van der Waals surface area (Å²) in [6, 6.07) is 8.09. The first kappa shape index (κ1) is 18.8. The van der Waals surface area contributed by atoms with Crippen molar-refractivity contribution in [1.82, 2.24) is 19.8 Å². The van der Waals surface area contributed by atoms with E-state index in [9.17, 15) is 4.79 Å². The molecule has 0 bridgehead atoms. The first-order valence-electron chi connectivity index (χ1n) is 9.02. The second-order valence-electron chi connectivity index (χ2n) is 6.34. The molecule has 0 radical (unpaired) electrons. The van der Waals surface area contributed by atoms with Gasteiger partial charge in [-0.2, -0.15) is 0 Å². The van der Waals surface area contributed by atoms with Gasteiger partial charge in [0, 0.05) is 37.2 Å². The van der Waals surface area contributed by atoms with Crippen LogP contribution in [0.4, 0.5) is 0 Å². The zero-order chi connectivity index (χ0) is 18.4. The fourth-order valence-corrected chi connectivity index (χ4v) is 3.91. The van der Waals surface area contributed by atoms with Crippen LogP contribution in [0.2, 0.25) is 0 Å². The molecule has 0 spiro atoms. The van der Waals surface area contributed by atoms with Gasteiger partial charge in [-0.3, -0.25) is 9.36 Å². The smallest absolute Gasteiger partial charge is 0.230 e. The van der Waals surface area contributed by atoms with Crippen molar-refractivity contribution in [3.05, 3.63) is 36.7 Å². The highest BCUT2D eigenvalue weighted by Gasteiger charge is 2.20. The van der Waals surface area contributed by atoms with Gasteiger partial charge in [0.1, 0.15) is 5.75 Å². The molecule has 0 atom stereocenters. The highest BCUT2D eigenvalue weighted by atomic mass is 32.2. The number of thioether (sulfide) groups is 1. The molecule has 1 aliphatic rings. The van der Waals surface area contributed by atoms with E-state index in [-0.39, 0.29) is 5.91 Å². The van der Waals surface area contributed by atoms with Crippen LogP contribution in [0.5, 0.6) is 5.75 Å². The van der Waals surface area contributed by atoms with Gasteiger partial charge in [0.15, 0.2) is 5.16 Å². The Bertz CT molecular complexity index is 709. The van der Waals surface area contributed by atoms with Gasteiger partial charge in [-0.25, -0.2) is 4.98 Å². The van der Waals surface area contributed by atoms with Crippen LogP contribution in [0.3, 0.4) is 0 Å². The zero-order valence-corrected chi connectivity index (χ0v) is 16.2. The predicted octanol–water partition coefficient (Wildman–Crippen LogP) is 2.57. The fraction of sp³-hybridized carbons (Fsp3) is 0.474. The molecule has 26 heavy (non-hydrogen) atoms. The molecule has 2 aromatic rings. The highest BCUT2D eigenvalue weighted by Crippen LogP contribution is 2.22. The second-order valence-corrected chi connectivity index (χ2v) is 7.29. The number of rotatable bonds is 7.